The van der Waals surface area contributed by atoms with Gasteiger partial charge in [-0.2, -0.15) is 0 Å². The zero-order valence-corrected chi connectivity index (χ0v) is 12.4. The Morgan fingerprint density at radius 1 is 1.19 bits per heavy atom. The number of rotatable bonds is 5. The van der Waals surface area contributed by atoms with Gasteiger partial charge in [0.15, 0.2) is 0 Å². The summed E-state index contributed by atoms with van der Waals surface area (Å²) in [4.78, 5) is -0.158. The molecular weight excluding hydrogens is 317 g/mol. The largest absolute Gasteiger partial charge is 0.387 e. The van der Waals surface area contributed by atoms with Gasteiger partial charge >= 0.3 is 0 Å². The zero-order valence-electron chi connectivity index (χ0n) is 10.8. The summed E-state index contributed by atoms with van der Waals surface area (Å²) < 4.78 is 39.4. The lowest BCUT2D eigenvalue weighted by Crippen LogP contribution is -2.28. The van der Waals surface area contributed by atoms with Crippen LogP contribution in [-0.2, 0) is 10.0 Å². The summed E-state index contributed by atoms with van der Waals surface area (Å²) in [5.41, 5.74) is 0.595. The smallest absolute Gasteiger partial charge is 0.240 e. The molecule has 0 spiro atoms. The molecule has 0 bridgehead atoms. The van der Waals surface area contributed by atoms with E-state index in [0.717, 1.165) is 18.2 Å². The van der Waals surface area contributed by atoms with Crippen molar-refractivity contribution in [2.24, 2.45) is 0 Å². The maximum atomic E-state index is 13.0. The average molecular weight is 330 g/mol. The molecular formula is C14H13ClFNO3S. The van der Waals surface area contributed by atoms with Crippen molar-refractivity contribution in [1.82, 2.24) is 4.72 Å². The second-order valence-corrected chi connectivity index (χ2v) is 6.53. The summed E-state index contributed by atoms with van der Waals surface area (Å²) in [6, 6.07) is 11.8. The first-order valence-corrected chi connectivity index (χ1v) is 7.94. The van der Waals surface area contributed by atoms with E-state index in [4.69, 9.17) is 11.6 Å². The summed E-state index contributed by atoms with van der Waals surface area (Å²) in [6.45, 7) is -0.193. The first-order chi connectivity index (χ1) is 9.90. The average Bonchev–Trinajstić information content (AvgIpc) is 2.48. The van der Waals surface area contributed by atoms with Crippen molar-refractivity contribution in [3.05, 3.63) is 64.9 Å². The van der Waals surface area contributed by atoms with E-state index in [1.165, 1.54) is 0 Å². The minimum atomic E-state index is -3.86. The van der Waals surface area contributed by atoms with Gasteiger partial charge in [0, 0.05) is 6.54 Å². The van der Waals surface area contributed by atoms with Gasteiger partial charge in [-0.3, -0.25) is 0 Å². The predicted molar refractivity (Wildman–Crippen MR) is 78.0 cm³/mol. The van der Waals surface area contributed by atoms with Gasteiger partial charge in [-0.1, -0.05) is 41.9 Å². The van der Waals surface area contributed by atoms with E-state index >= 15 is 0 Å². The van der Waals surface area contributed by atoms with Crippen LogP contribution >= 0.6 is 11.6 Å². The topological polar surface area (TPSA) is 66.4 Å². The highest BCUT2D eigenvalue weighted by Crippen LogP contribution is 2.20. The van der Waals surface area contributed by atoms with Crippen molar-refractivity contribution in [3.8, 4) is 0 Å². The fourth-order valence-electron chi connectivity index (χ4n) is 1.71. The molecule has 2 aromatic rings. The molecule has 2 N–H and O–H groups in total. The monoisotopic (exact) mass is 329 g/mol. The first-order valence-electron chi connectivity index (χ1n) is 6.08. The molecule has 0 saturated heterocycles. The molecule has 0 aliphatic carbocycles. The van der Waals surface area contributed by atoms with Crippen LogP contribution in [0.2, 0.25) is 5.02 Å². The molecule has 2 aromatic carbocycles. The molecule has 0 fully saturated rings. The Labute approximate surface area is 127 Å². The molecule has 21 heavy (non-hydrogen) atoms. The molecule has 1 atom stereocenters. The Kier molecular flexibility index (Phi) is 4.95. The Balaban J connectivity index is 2.09. The number of hydrogen-bond acceptors (Lipinski definition) is 3. The molecule has 0 heterocycles. The van der Waals surface area contributed by atoms with E-state index < -0.39 is 21.9 Å². The van der Waals surface area contributed by atoms with Gasteiger partial charge in [0.05, 0.1) is 16.0 Å². The van der Waals surface area contributed by atoms with Crippen LogP contribution in [0.25, 0.3) is 0 Å². The normalized spacial score (nSPS) is 13.1. The highest BCUT2D eigenvalue weighted by Gasteiger charge is 2.17. The van der Waals surface area contributed by atoms with Crippen molar-refractivity contribution < 1.29 is 17.9 Å². The van der Waals surface area contributed by atoms with Crippen LogP contribution in [0.4, 0.5) is 4.39 Å². The van der Waals surface area contributed by atoms with Crippen molar-refractivity contribution in [1.29, 1.82) is 0 Å². The molecule has 0 amide bonds. The predicted octanol–water partition coefficient (Wildman–Crippen LogP) is 2.49. The standard InChI is InChI=1S/C14H13ClFNO3S/c15-12-8-11(6-7-13(12)16)21(19,20)17-9-14(18)10-4-2-1-3-5-10/h1-8,14,17-18H,9H2. The van der Waals surface area contributed by atoms with Gasteiger partial charge in [0.25, 0.3) is 0 Å². The molecule has 2 rings (SSSR count). The minimum absolute atomic E-state index is 0.158. The lowest BCUT2D eigenvalue weighted by atomic mass is 10.1. The van der Waals surface area contributed by atoms with Crippen LogP contribution in [0, 0.1) is 5.82 Å². The van der Waals surface area contributed by atoms with Gasteiger partial charge in [-0.15, -0.1) is 0 Å². The third-order valence-electron chi connectivity index (χ3n) is 2.85. The SMILES string of the molecule is O=S(=O)(NCC(O)c1ccccc1)c1ccc(F)c(Cl)c1. The van der Waals surface area contributed by atoms with E-state index in [1.54, 1.807) is 30.3 Å². The zero-order chi connectivity index (χ0) is 15.5. The summed E-state index contributed by atoms with van der Waals surface area (Å²) >= 11 is 5.56. The van der Waals surface area contributed by atoms with Crippen LogP contribution in [-0.4, -0.2) is 20.1 Å². The maximum Gasteiger partial charge on any atom is 0.240 e. The highest BCUT2D eigenvalue weighted by atomic mass is 35.5. The highest BCUT2D eigenvalue weighted by molar-refractivity contribution is 7.89. The number of aliphatic hydroxyl groups excluding tert-OH is 1. The van der Waals surface area contributed by atoms with Gasteiger partial charge in [0.1, 0.15) is 5.82 Å². The molecule has 0 aliphatic rings. The molecule has 0 radical (unpaired) electrons. The van der Waals surface area contributed by atoms with E-state index in [9.17, 15) is 17.9 Å². The molecule has 0 aliphatic heterocycles. The van der Waals surface area contributed by atoms with E-state index in [1.807, 2.05) is 0 Å². The second-order valence-electron chi connectivity index (χ2n) is 4.35. The van der Waals surface area contributed by atoms with Crippen molar-refractivity contribution in [2.75, 3.05) is 6.54 Å². The number of benzene rings is 2. The fraction of sp³-hybridized carbons (Fsp3) is 0.143. The van der Waals surface area contributed by atoms with E-state index in [0.29, 0.717) is 5.56 Å². The number of nitrogens with one attached hydrogen (secondary N) is 1. The molecule has 0 aromatic heterocycles. The lowest BCUT2D eigenvalue weighted by molar-refractivity contribution is 0.182. The number of halogens is 2. The summed E-state index contributed by atoms with van der Waals surface area (Å²) in [7, 11) is -3.86. The van der Waals surface area contributed by atoms with Crippen LogP contribution in [0.15, 0.2) is 53.4 Å². The minimum Gasteiger partial charge on any atom is -0.387 e. The Morgan fingerprint density at radius 2 is 1.86 bits per heavy atom. The van der Waals surface area contributed by atoms with Crippen molar-refractivity contribution in [3.63, 3.8) is 0 Å². The van der Waals surface area contributed by atoms with E-state index in [-0.39, 0.29) is 16.5 Å². The van der Waals surface area contributed by atoms with Crippen LogP contribution < -0.4 is 4.72 Å². The first kappa shape index (κ1) is 15.9. The lowest BCUT2D eigenvalue weighted by Gasteiger charge is -2.12. The summed E-state index contributed by atoms with van der Waals surface area (Å²) in [5, 5.41) is 9.64. The third kappa shape index (κ3) is 4.01. The Bertz CT molecular complexity index is 722. The van der Waals surface area contributed by atoms with Crippen molar-refractivity contribution in [2.45, 2.75) is 11.0 Å². The van der Waals surface area contributed by atoms with E-state index in [2.05, 4.69) is 4.72 Å². The quantitative estimate of drug-likeness (QED) is 0.885. The Hall–Kier alpha value is -1.47. The van der Waals surface area contributed by atoms with Crippen LogP contribution in [0.3, 0.4) is 0 Å². The molecule has 0 saturated carbocycles. The Morgan fingerprint density at radius 3 is 2.48 bits per heavy atom. The van der Waals surface area contributed by atoms with Gasteiger partial charge < -0.3 is 5.11 Å². The maximum absolute atomic E-state index is 13.0. The summed E-state index contributed by atoms with van der Waals surface area (Å²) in [5.74, 6) is -0.695. The number of hydrogen-bond donors (Lipinski definition) is 2. The fourth-order valence-corrected chi connectivity index (χ4v) is 3.02. The molecule has 112 valence electrons. The molecule has 1 unspecified atom stereocenters. The van der Waals surface area contributed by atoms with Gasteiger partial charge in [-0.05, 0) is 23.8 Å². The second kappa shape index (κ2) is 6.53. The van der Waals surface area contributed by atoms with Gasteiger partial charge in [-0.25, -0.2) is 17.5 Å². The number of aliphatic hydroxyl groups is 1. The van der Waals surface area contributed by atoms with Crippen molar-refractivity contribution >= 4 is 21.6 Å². The summed E-state index contributed by atoms with van der Waals surface area (Å²) in [6.07, 6.45) is -0.975. The third-order valence-corrected chi connectivity index (χ3v) is 4.56. The molecule has 4 nitrogen and oxygen atoms in total. The van der Waals surface area contributed by atoms with Gasteiger partial charge in [0.2, 0.25) is 10.0 Å². The van der Waals surface area contributed by atoms with Crippen LogP contribution in [0.5, 0.6) is 0 Å². The van der Waals surface area contributed by atoms with Crippen LogP contribution in [0.1, 0.15) is 11.7 Å². The number of sulfonamides is 1. The molecule has 7 heteroatoms.